The second-order valence-electron chi connectivity index (χ2n) is 6.92. The first-order valence-electron chi connectivity index (χ1n) is 9.81. The molecule has 3 rings (SSSR count). The number of benzene rings is 2. The summed E-state index contributed by atoms with van der Waals surface area (Å²) in [6.07, 6.45) is 1.61. The number of imide groups is 1. The molecule has 1 atom stereocenters. The topological polar surface area (TPSA) is 75.7 Å². The number of nitrogens with zero attached hydrogens (tertiary/aromatic N) is 1. The van der Waals surface area contributed by atoms with Gasteiger partial charge < -0.3 is 10.1 Å². The van der Waals surface area contributed by atoms with Crippen molar-refractivity contribution in [2.24, 2.45) is 0 Å². The zero-order chi connectivity index (χ0) is 21.7. The number of unbranched alkanes of at least 4 members (excludes halogenated alkanes) is 1. The Kier molecular flexibility index (Phi) is 6.90. The van der Waals surface area contributed by atoms with Gasteiger partial charge in [0.15, 0.2) is 0 Å². The number of ether oxygens (including phenoxy) is 1. The number of halogens is 1. The third-order valence-electron chi connectivity index (χ3n) is 4.78. The maximum Gasteiger partial charge on any atom is 0.340 e. The number of carbonyl (C=O) groups is 3. The van der Waals surface area contributed by atoms with Crippen LogP contribution in [0.5, 0.6) is 0 Å². The molecule has 1 unspecified atom stereocenters. The summed E-state index contributed by atoms with van der Waals surface area (Å²) in [7, 11) is 0. The van der Waals surface area contributed by atoms with Crippen LogP contribution >= 0.6 is 11.6 Å². The van der Waals surface area contributed by atoms with Crippen LogP contribution in [0.25, 0.3) is 0 Å². The molecule has 156 valence electrons. The van der Waals surface area contributed by atoms with Crippen molar-refractivity contribution in [1.29, 1.82) is 0 Å². The lowest BCUT2D eigenvalue weighted by molar-refractivity contribution is -0.120. The fourth-order valence-electron chi connectivity index (χ4n) is 3.12. The van der Waals surface area contributed by atoms with Gasteiger partial charge in [0.1, 0.15) is 10.7 Å². The first-order valence-corrected chi connectivity index (χ1v) is 10.2. The van der Waals surface area contributed by atoms with E-state index in [-0.39, 0.29) is 34.6 Å². The van der Waals surface area contributed by atoms with E-state index in [4.69, 9.17) is 16.3 Å². The molecular formula is C23H23ClN2O4. The molecule has 1 aliphatic heterocycles. The number of nitrogens with one attached hydrogen (secondary N) is 1. The summed E-state index contributed by atoms with van der Waals surface area (Å²) in [6, 6.07) is 15.6. The molecule has 2 aromatic carbocycles. The van der Waals surface area contributed by atoms with Crippen LogP contribution in [-0.4, -0.2) is 24.4 Å². The lowest BCUT2D eigenvalue weighted by atomic mass is 10.1. The molecule has 0 spiro atoms. The number of amides is 2. The standard InChI is InChI=1S/C23H23ClN2O4/c1-3-4-14-30-23(29)17-12-8-9-13-18(17)26-21(27)19(24)20(22(26)28)25-15(2)16-10-6-5-7-11-16/h5-13,15,25H,3-4,14H2,1-2H3. The molecule has 0 aromatic heterocycles. The van der Waals surface area contributed by atoms with Gasteiger partial charge in [0, 0.05) is 6.04 Å². The van der Waals surface area contributed by atoms with Crippen LogP contribution in [-0.2, 0) is 14.3 Å². The normalized spacial score (nSPS) is 14.8. The van der Waals surface area contributed by atoms with Crippen molar-refractivity contribution >= 4 is 35.1 Å². The molecular weight excluding hydrogens is 404 g/mol. The summed E-state index contributed by atoms with van der Waals surface area (Å²) in [5.74, 6) is -1.88. The molecule has 6 nitrogen and oxygen atoms in total. The van der Waals surface area contributed by atoms with Crippen LogP contribution < -0.4 is 10.2 Å². The predicted molar refractivity (Wildman–Crippen MR) is 115 cm³/mol. The molecule has 7 heteroatoms. The average molecular weight is 427 g/mol. The molecule has 0 saturated carbocycles. The van der Waals surface area contributed by atoms with Crippen molar-refractivity contribution < 1.29 is 19.1 Å². The third kappa shape index (κ3) is 4.39. The Labute approximate surface area is 180 Å². The first kappa shape index (κ1) is 21.6. The Morgan fingerprint density at radius 3 is 2.43 bits per heavy atom. The van der Waals surface area contributed by atoms with E-state index in [2.05, 4.69) is 5.32 Å². The van der Waals surface area contributed by atoms with E-state index < -0.39 is 17.8 Å². The number of hydrogen-bond donors (Lipinski definition) is 1. The number of hydrogen-bond acceptors (Lipinski definition) is 5. The molecule has 1 N–H and O–H groups in total. The molecule has 30 heavy (non-hydrogen) atoms. The summed E-state index contributed by atoms with van der Waals surface area (Å²) in [5.41, 5.74) is 1.23. The van der Waals surface area contributed by atoms with Gasteiger partial charge in [-0.1, -0.05) is 67.4 Å². The maximum absolute atomic E-state index is 13.1. The van der Waals surface area contributed by atoms with Gasteiger partial charge in [-0.3, -0.25) is 9.59 Å². The Hall–Kier alpha value is -3.12. The fourth-order valence-corrected chi connectivity index (χ4v) is 3.34. The minimum atomic E-state index is -0.682. The van der Waals surface area contributed by atoms with Crippen LogP contribution in [0, 0.1) is 0 Å². The Morgan fingerprint density at radius 2 is 1.73 bits per heavy atom. The maximum atomic E-state index is 13.1. The largest absolute Gasteiger partial charge is 0.462 e. The first-order chi connectivity index (χ1) is 14.5. The quantitative estimate of drug-likeness (QED) is 0.386. The molecule has 0 bridgehead atoms. The van der Waals surface area contributed by atoms with E-state index in [0.29, 0.717) is 0 Å². The van der Waals surface area contributed by atoms with Gasteiger partial charge in [0.2, 0.25) is 0 Å². The summed E-state index contributed by atoms with van der Waals surface area (Å²) in [6.45, 7) is 4.12. The molecule has 2 aromatic rings. The minimum Gasteiger partial charge on any atom is -0.462 e. The number of anilines is 1. The molecule has 0 radical (unpaired) electrons. The van der Waals surface area contributed by atoms with Crippen molar-refractivity contribution in [2.75, 3.05) is 11.5 Å². The highest BCUT2D eigenvalue weighted by Gasteiger charge is 2.41. The predicted octanol–water partition coefficient (Wildman–Crippen LogP) is 4.32. The summed E-state index contributed by atoms with van der Waals surface area (Å²) >= 11 is 6.22. The van der Waals surface area contributed by atoms with Gasteiger partial charge in [-0.15, -0.1) is 0 Å². The zero-order valence-corrected chi connectivity index (χ0v) is 17.6. The van der Waals surface area contributed by atoms with Gasteiger partial charge in [-0.25, -0.2) is 9.69 Å². The summed E-state index contributed by atoms with van der Waals surface area (Å²) in [4.78, 5) is 39.3. The summed E-state index contributed by atoms with van der Waals surface area (Å²) in [5, 5.41) is 2.82. The van der Waals surface area contributed by atoms with Crippen LogP contribution in [0.2, 0.25) is 0 Å². The van der Waals surface area contributed by atoms with Gasteiger partial charge >= 0.3 is 5.97 Å². The second-order valence-corrected chi connectivity index (χ2v) is 7.30. The number of rotatable bonds is 8. The van der Waals surface area contributed by atoms with Gasteiger partial charge in [-0.2, -0.15) is 0 Å². The van der Waals surface area contributed by atoms with Crippen LogP contribution in [0.4, 0.5) is 5.69 Å². The van der Waals surface area contributed by atoms with Gasteiger partial charge in [0.25, 0.3) is 11.8 Å². The summed E-state index contributed by atoms with van der Waals surface area (Å²) < 4.78 is 5.26. The second kappa shape index (κ2) is 9.59. The number of para-hydroxylation sites is 1. The Bertz CT molecular complexity index is 988. The van der Waals surface area contributed by atoms with Crippen molar-refractivity contribution in [1.82, 2.24) is 5.32 Å². The molecule has 1 aliphatic rings. The smallest absolute Gasteiger partial charge is 0.340 e. The highest BCUT2D eigenvalue weighted by atomic mass is 35.5. The molecule has 1 heterocycles. The zero-order valence-electron chi connectivity index (χ0n) is 16.9. The average Bonchev–Trinajstić information content (AvgIpc) is 2.97. The fraction of sp³-hybridized carbons (Fsp3) is 0.261. The third-order valence-corrected chi connectivity index (χ3v) is 5.13. The molecule has 0 saturated heterocycles. The van der Waals surface area contributed by atoms with Crippen molar-refractivity contribution in [3.63, 3.8) is 0 Å². The van der Waals surface area contributed by atoms with Crippen LogP contribution in [0.15, 0.2) is 65.3 Å². The lowest BCUT2D eigenvalue weighted by Crippen LogP contribution is -2.35. The Balaban J connectivity index is 1.85. The molecule has 0 aliphatic carbocycles. The number of carbonyl (C=O) groups excluding carboxylic acids is 3. The SMILES string of the molecule is CCCCOC(=O)c1ccccc1N1C(=O)C(Cl)=C(NC(C)c2ccccc2)C1=O. The van der Waals surface area contributed by atoms with E-state index in [1.807, 2.05) is 44.2 Å². The number of esters is 1. The molecule has 0 fully saturated rings. The van der Waals surface area contributed by atoms with Crippen molar-refractivity contribution in [3.05, 3.63) is 76.5 Å². The van der Waals surface area contributed by atoms with E-state index in [9.17, 15) is 14.4 Å². The Morgan fingerprint density at radius 1 is 1.07 bits per heavy atom. The van der Waals surface area contributed by atoms with E-state index >= 15 is 0 Å². The highest BCUT2D eigenvalue weighted by molar-refractivity contribution is 6.52. The van der Waals surface area contributed by atoms with Crippen molar-refractivity contribution in [2.45, 2.75) is 32.7 Å². The van der Waals surface area contributed by atoms with Gasteiger partial charge in [0.05, 0.1) is 17.9 Å². The van der Waals surface area contributed by atoms with Crippen LogP contribution in [0.1, 0.15) is 48.7 Å². The minimum absolute atomic E-state index is 0.00664. The lowest BCUT2D eigenvalue weighted by Gasteiger charge is -2.19. The highest BCUT2D eigenvalue weighted by Crippen LogP contribution is 2.32. The van der Waals surface area contributed by atoms with E-state index in [1.54, 1.807) is 12.1 Å². The molecule has 2 amide bonds. The van der Waals surface area contributed by atoms with Crippen molar-refractivity contribution in [3.8, 4) is 0 Å². The van der Waals surface area contributed by atoms with Gasteiger partial charge in [-0.05, 0) is 31.0 Å². The van der Waals surface area contributed by atoms with E-state index in [0.717, 1.165) is 23.3 Å². The van der Waals surface area contributed by atoms with Crippen LogP contribution in [0.3, 0.4) is 0 Å². The van der Waals surface area contributed by atoms with E-state index in [1.165, 1.54) is 12.1 Å². The monoisotopic (exact) mass is 426 g/mol.